The van der Waals surface area contributed by atoms with E-state index in [1.807, 2.05) is 0 Å². The van der Waals surface area contributed by atoms with Crippen LogP contribution in [0.15, 0.2) is 9.98 Å². The zero-order valence-corrected chi connectivity index (χ0v) is 6.17. The van der Waals surface area contributed by atoms with Crippen LogP contribution >= 0.6 is 11.6 Å². The van der Waals surface area contributed by atoms with Crippen LogP contribution in [0.25, 0.3) is 0 Å². The highest BCUT2D eigenvalue weighted by Gasteiger charge is 2.27. The number of fused-ring (bicyclic) bond motifs is 1. The van der Waals surface area contributed by atoms with E-state index < -0.39 is 0 Å². The van der Waals surface area contributed by atoms with Crippen molar-refractivity contribution in [1.29, 1.82) is 0 Å². The molecule has 0 saturated heterocycles. The van der Waals surface area contributed by atoms with Crippen LogP contribution in [-0.4, -0.2) is 30.1 Å². The molecule has 1 N–H and O–H groups in total. The first kappa shape index (κ1) is 6.16. The van der Waals surface area contributed by atoms with Gasteiger partial charge < -0.3 is 5.32 Å². The molecule has 0 spiro atoms. The van der Waals surface area contributed by atoms with Gasteiger partial charge in [-0.05, 0) is 0 Å². The highest BCUT2D eigenvalue weighted by atomic mass is 35.5. The molecular weight excluding hydrogens is 150 g/mol. The Labute approximate surface area is 64.2 Å². The summed E-state index contributed by atoms with van der Waals surface area (Å²) in [6.07, 6.45) is 2.55. The van der Waals surface area contributed by atoms with E-state index in [0.717, 1.165) is 13.0 Å². The van der Waals surface area contributed by atoms with Crippen molar-refractivity contribution in [2.24, 2.45) is 9.98 Å². The number of halogens is 1. The SMILES string of the molecule is ClC1=NCC2NC=NC2C1. The lowest BCUT2D eigenvalue weighted by atomic mass is 10.1. The number of nitrogens with one attached hydrogen (secondary N) is 1. The number of aliphatic imine (C=N–C) groups is 2. The maximum atomic E-state index is 5.73. The van der Waals surface area contributed by atoms with Crippen molar-refractivity contribution in [3.05, 3.63) is 0 Å². The van der Waals surface area contributed by atoms with Gasteiger partial charge >= 0.3 is 0 Å². The van der Waals surface area contributed by atoms with Gasteiger partial charge in [0.2, 0.25) is 0 Å². The van der Waals surface area contributed by atoms with Gasteiger partial charge in [0.1, 0.15) is 5.17 Å². The van der Waals surface area contributed by atoms with E-state index in [4.69, 9.17) is 11.6 Å². The van der Waals surface area contributed by atoms with Crippen LogP contribution in [0.1, 0.15) is 6.42 Å². The molecule has 4 heteroatoms. The summed E-state index contributed by atoms with van der Waals surface area (Å²) in [5.41, 5.74) is 0. The summed E-state index contributed by atoms with van der Waals surface area (Å²) in [6.45, 7) is 0.767. The van der Waals surface area contributed by atoms with Gasteiger partial charge in [0.05, 0.1) is 25.0 Å². The Balaban J connectivity index is 2.14. The molecule has 10 heavy (non-hydrogen) atoms. The van der Waals surface area contributed by atoms with E-state index in [1.54, 1.807) is 6.34 Å². The van der Waals surface area contributed by atoms with Gasteiger partial charge in [-0.3, -0.25) is 9.98 Å². The third-order valence-corrected chi connectivity index (χ3v) is 2.13. The molecule has 0 amide bonds. The largest absolute Gasteiger partial charge is 0.370 e. The molecule has 2 aliphatic rings. The van der Waals surface area contributed by atoms with Crippen molar-refractivity contribution >= 4 is 23.1 Å². The summed E-state index contributed by atoms with van der Waals surface area (Å²) >= 11 is 5.73. The van der Waals surface area contributed by atoms with Gasteiger partial charge in [0, 0.05) is 6.42 Å². The smallest absolute Gasteiger partial charge is 0.103 e. The highest BCUT2D eigenvalue weighted by molar-refractivity contribution is 6.65. The lowest BCUT2D eigenvalue weighted by molar-refractivity contribution is 0.529. The molecule has 2 unspecified atom stereocenters. The molecule has 0 aliphatic carbocycles. The minimum atomic E-state index is 0.338. The first-order valence-corrected chi connectivity index (χ1v) is 3.70. The predicted molar refractivity (Wildman–Crippen MR) is 42.0 cm³/mol. The molecule has 2 aliphatic heterocycles. The molecule has 2 heterocycles. The fourth-order valence-corrected chi connectivity index (χ4v) is 1.48. The second-order valence-electron chi connectivity index (χ2n) is 2.54. The molecule has 2 rings (SSSR count). The van der Waals surface area contributed by atoms with E-state index in [0.29, 0.717) is 17.3 Å². The molecular formula is C6H8ClN3. The Bertz CT molecular complexity index is 199. The summed E-state index contributed by atoms with van der Waals surface area (Å²) in [6, 6.07) is 0.743. The lowest BCUT2D eigenvalue weighted by Gasteiger charge is -2.19. The highest BCUT2D eigenvalue weighted by Crippen LogP contribution is 2.16. The lowest BCUT2D eigenvalue weighted by Crippen LogP contribution is -2.38. The molecule has 0 bridgehead atoms. The third-order valence-electron chi connectivity index (χ3n) is 1.86. The number of hydrogen-bond donors (Lipinski definition) is 1. The first-order valence-electron chi connectivity index (χ1n) is 3.33. The fraction of sp³-hybridized carbons (Fsp3) is 0.667. The van der Waals surface area contributed by atoms with Gasteiger partial charge in [0.15, 0.2) is 0 Å². The maximum Gasteiger partial charge on any atom is 0.103 e. The minimum Gasteiger partial charge on any atom is -0.370 e. The van der Waals surface area contributed by atoms with Gasteiger partial charge in [-0.2, -0.15) is 0 Å². The molecule has 0 aromatic heterocycles. The van der Waals surface area contributed by atoms with Crippen molar-refractivity contribution in [3.8, 4) is 0 Å². The van der Waals surface area contributed by atoms with Crippen LogP contribution in [0.3, 0.4) is 0 Å². The Morgan fingerprint density at radius 1 is 1.70 bits per heavy atom. The molecule has 0 saturated carbocycles. The molecule has 0 fully saturated rings. The normalized spacial score (nSPS) is 36.7. The van der Waals surface area contributed by atoms with Crippen molar-refractivity contribution < 1.29 is 0 Å². The summed E-state index contributed by atoms with van der Waals surface area (Å²) in [7, 11) is 0. The summed E-state index contributed by atoms with van der Waals surface area (Å²) in [5.74, 6) is 0. The second kappa shape index (κ2) is 2.23. The second-order valence-corrected chi connectivity index (χ2v) is 2.98. The maximum absolute atomic E-state index is 5.73. The van der Waals surface area contributed by atoms with E-state index in [2.05, 4.69) is 15.3 Å². The molecule has 0 aromatic rings. The Hall–Kier alpha value is -0.570. The van der Waals surface area contributed by atoms with Crippen molar-refractivity contribution in [3.63, 3.8) is 0 Å². The van der Waals surface area contributed by atoms with Crippen LogP contribution in [0.2, 0.25) is 0 Å². The average molecular weight is 158 g/mol. The zero-order chi connectivity index (χ0) is 6.97. The van der Waals surface area contributed by atoms with Crippen molar-refractivity contribution in [2.75, 3.05) is 6.54 Å². The van der Waals surface area contributed by atoms with E-state index >= 15 is 0 Å². The molecule has 0 aromatic carbocycles. The number of hydrogen-bond acceptors (Lipinski definition) is 3. The minimum absolute atomic E-state index is 0.338. The topological polar surface area (TPSA) is 36.8 Å². The van der Waals surface area contributed by atoms with Crippen molar-refractivity contribution in [2.45, 2.75) is 18.5 Å². The number of rotatable bonds is 0. The monoisotopic (exact) mass is 157 g/mol. The first-order chi connectivity index (χ1) is 4.86. The molecule has 3 nitrogen and oxygen atoms in total. The van der Waals surface area contributed by atoms with E-state index in [-0.39, 0.29) is 0 Å². The van der Waals surface area contributed by atoms with E-state index in [9.17, 15) is 0 Å². The van der Waals surface area contributed by atoms with Crippen LogP contribution in [0.4, 0.5) is 0 Å². The van der Waals surface area contributed by atoms with Gasteiger partial charge in [-0.1, -0.05) is 11.6 Å². The van der Waals surface area contributed by atoms with Crippen molar-refractivity contribution in [1.82, 2.24) is 5.32 Å². The van der Waals surface area contributed by atoms with Crippen LogP contribution in [0.5, 0.6) is 0 Å². The van der Waals surface area contributed by atoms with Crippen LogP contribution in [0, 0.1) is 0 Å². The summed E-state index contributed by atoms with van der Waals surface area (Å²) < 4.78 is 0. The molecule has 2 atom stereocenters. The van der Waals surface area contributed by atoms with E-state index in [1.165, 1.54) is 0 Å². The summed E-state index contributed by atoms with van der Waals surface area (Å²) in [5, 5.41) is 3.83. The predicted octanol–water partition coefficient (Wildman–Crippen LogP) is 0.396. The quantitative estimate of drug-likeness (QED) is 0.543. The Kier molecular flexibility index (Phi) is 1.38. The average Bonchev–Trinajstić information content (AvgIpc) is 2.33. The number of nitrogens with zero attached hydrogens (tertiary/aromatic N) is 2. The standard InChI is InChI=1S/C6H8ClN3/c7-6-1-4-5(2-8-6)10-3-9-4/h3-5H,1-2H2,(H,9,10). The molecule has 0 radical (unpaired) electrons. The van der Waals surface area contributed by atoms with Gasteiger partial charge in [0.25, 0.3) is 0 Å². The fourth-order valence-electron chi connectivity index (χ4n) is 1.25. The van der Waals surface area contributed by atoms with Crippen LogP contribution < -0.4 is 5.32 Å². The van der Waals surface area contributed by atoms with Gasteiger partial charge in [-0.25, -0.2) is 0 Å². The third kappa shape index (κ3) is 0.904. The summed E-state index contributed by atoms with van der Waals surface area (Å²) in [4.78, 5) is 8.32. The van der Waals surface area contributed by atoms with Gasteiger partial charge in [-0.15, -0.1) is 0 Å². The Morgan fingerprint density at radius 2 is 2.60 bits per heavy atom. The molecule has 54 valence electrons. The Morgan fingerprint density at radius 3 is 3.50 bits per heavy atom. The zero-order valence-electron chi connectivity index (χ0n) is 5.42. The van der Waals surface area contributed by atoms with Crippen LogP contribution in [-0.2, 0) is 0 Å².